The maximum absolute atomic E-state index is 3.58. The molecule has 0 N–H and O–H groups in total. The molecule has 0 nitrogen and oxygen atoms in total. The van der Waals surface area contributed by atoms with E-state index in [4.69, 9.17) is 0 Å². The fourth-order valence-corrected chi connectivity index (χ4v) is 2.14. The molecule has 0 saturated heterocycles. The van der Waals surface area contributed by atoms with Gasteiger partial charge >= 0.3 is 0 Å². The summed E-state index contributed by atoms with van der Waals surface area (Å²) in [5.74, 6) is 0. The highest BCUT2D eigenvalue weighted by atomic mass is 14.0. The standard InChI is InChI=1S/C18H26/c1-3-5-7-8-9-10-12-18-15-13-17(14-16-18)11-6-4-2/h6,13-16H,2-3,5,7-12H2,1H3. The molecular formula is C18H26. The van der Waals surface area contributed by atoms with Gasteiger partial charge in [0.15, 0.2) is 0 Å². The van der Waals surface area contributed by atoms with Gasteiger partial charge in [-0.25, -0.2) is 0 Å². The average molecular weight is 242 g/mol. The lowest BCUT2D eigenvalue weighted by molar-refractivity contribution is 0.607. The van der Waals surface area contributed by atoms with E-state index in [-0.39, 0.29) is 0 Å². The Hall–Kier alpha value is -1.26. The smallest absolute Gasteiger partial charge is 0.00215 e. The van der Waals surface area contributed by atoms with Crippen LogP contribution in [0.2, 0.25) is 0 Å². The number of hydrogen-bond donors (Lipinski definition) is 0. The van der Waals surface area contributed by atoms with Crippen LogP contribution >= 0.6 is 0 Å². The minimum atomic E-state index is 0.945. The summed E-state index contributed by atoms with van der Waals surface area (Å²) < 4.78 is 0. The van der Waals surface area contributed by atoms with Crippen molar-refractivity contribution < 1.29 is 0 Å². The van der Waals surface area contributed by atoms with Crippen molar-refractivity contribution in [2.45, 2.75) is 58.3 Å². The van der Waals surface area contributed by atoms with Crippen molar-refractivity contribution in [3.63, 3.8) is 0 Å². The zero-order valence-electron chi connectivity index (χ0n) is 11.8. The lowest BCUT2D eigenvalue weighted by atomic mass is 10.0. The van der Waals surface area contributed by atoms with Gasteiger partial charge in [0.2, 0.25) is 0 Å². The predicted molar refractivity (Wildman–Crippen MR) is 80.9 cm³/mol. The predicted octanol–water partition coefficient (Wildman–Crippen LogP) is 5.47. The van der Waals surface area contributed by atoms with Crippen LogP contribution in [0.15, 0.2) is 42.7 Å². The topological polar surface area (TPSA) is 0 Å². The first-order chi connectivity index (χ1) is 8.86. The summed E-state index contributed by atoms with van der Waals surface area (Å²) in [6.07, 6.45) is 12.4. The summed E-state index contributed by atoms with van der Waals surface area (Å²) >= 11 is 0. The van der Waals surface area contributed by atoms with Gasteiger partial charge in [-0.2, -0.15) is 0 Å². The molecule has 1 rings (SSSR count). The Balaban J connectivity index is 2.20. The first-order valence-electron chi connectivity index (χ1n) is 7.29. The minimum absolute atomic E-state index is 0.945. The summed E-state index contributed by atoms with van der Waals surface area (Å²) in [7, 11) is 0. The van der Waals surface area contributed by atoms with Gasteiger partial charge in [-0.3, -0.25) is 0 Å². The van der Waals surface area contributed by atoms with Crippen LogP contribution in [-0.2, 0) is 12.8 Å². The van der Waals surface area contributed by atoms with Crippen LogP contribution in [0.3, 0.4) is 0 Å². The van der Waals surface area contributed by atoms with Crippen LogP contribution in [0, 0.1) is 0 Å². The van der Waals surface area contributed by atoms with Crippen molar-refractivity contribution in [2.24, 2.45) is 0 Å². The van der Waals surface area contributed by atoms with Gasteiger partial charge in [-0.1, -0.05) is 69.9 Å². The summed E-state index contributed by atoms with van der Waals surface area (Å²) in [5.41, 5.74) is 5.63. The molecule has 0 unspecified atom stereocenters. The molecule has 1 aromatic rings. The van der Waals surface area contributed by atoms with E-state index in [1.807, 2.05) is 6.08 Å². The van der Waals surface area contributed by atoms with Crippen molar-refractivity contribution in [3.8, 4) is 0 Å². The van der Waals surface area contributed by atoms with Crippen molar-refractivity contribution in [1.82, 2.24) is 0 Å². The first kappa shape index (κ1) is 14.8. The Morgan fingerprint density at radius 1 is 0.944 bits per heavy atom. The number of benzene rings is 1. The van der Waals surface area contributed by atoms with Crippen LogP contribution in [0.4, 0.5) is 0 Å². The highest BCUT2D eigenvalue weighted by molar-refractivity contribution is 5.24. The summed E-state index contributed by atoms with van der Waals surface area (Å²) in [6, 6.07) is 8.97. The fourth-order valence-electron chi connectivity index (χ4n) is 2.14. The molecule has 0 fully saturated rings. The summed E-state index contributed by atoms with van der Waals surface area (Å²) in [5, 5.41) is 0. The maximum Gasteiger partial charge on any atom is -0.00215 e. The second kappa shape index (κ2) is 9.74. The molecule has 0 aliphatic rings. The highest BCUT2D eigenvalue weighted by Crippen LogP contribution is 2.11. The lowest BCUT2D eigenvalue weighted by Gasteiger charge is -2.03. The van der Waals surface area contributed by atoms with Crippen molar-refractivity contribution in [1.29, 1.82) is 0 Å². The van der Waals surface area contributed by atoms with Crippen LogP contribution in [0.25, 0.3) is 0 Å². The lowest BCUT2D eigenvalue weighted by Crippen LogP contribution is -1.88. The van der Waals surface area contributed by atoms with E-state index >= 15 is 0 Å². The number of rotatable bonds is 9. The van der Waals surface area contributed by atoms with Gasteiger partial charge < -0.3 is 0 Å². The Kier molecular flexibility index (Phi) is 8.01. The quantitative estimate of drug-likeness (QED) is 0.398. The first-order valence-corrected chi connectivity index (χ1v) is 7.29. The molecule has 0 amide bonds. The van der Waals surface area contributed by atoms with Gasteiger partial charge in [0.1, 0.15) is 0 Å². The third kappa shape index (κ3) is 6.47. The molecule has 0 aliphatic carbocycles. The van der Waals surface area contributed by atoms with E-state index < -0.39 is 0 Å². The van der Waals surface area contributed by atoms with Crippen molar-refractivity contribution in [3.05, 3.63) is 53.8 Å². The molecule has 98 valence electrons. The minimum Gasteiger partial charge on any atom is -0.133 e. The monoisotopic (exact) mass is 242 g/mol. The number of hydrogen-bond acceptors (Lipinski definition) is 0. The van der Waals surface area contributed by atoms with E-state index in [1.54, 1.807) is 0 Å². The van der Waals surface area contributed by atoms with Crippen molar-refractivity contribution in [2.75, 3.05) is 0 Å². The molecule has 0 spiro atoms. The third-order valence-electron chi connectivity index (χ3n) is 3.32. The Bertz CT molecular complexity index is 352. The molecule has 18 heavy (non-hydrogen) atoms. The molecule has 0 heteroatoms. The second-order valence-electron chi connectivity index (χ2n) is 4.95. The number of allylic oxidation sites excluding steroid dienone is 1. The largest absolute Gasteiger partial charge is 0.133 e. The molecule has 1 aromatic carbocycles. The zero-order chi connectivity index (χ0) is 13.1. The summed E-state index contributed by atoms with van der Waals surface area (Å²) in [6.45, 7) is 5.85. The molecule has 0 bridgehead atoms. The maximum atomic E-state index is 3.58. The molecule has 0 atom stereocenters. The molecular weight excluding hydrogens is 216 g/mol. The Morgan fingerprint density at radius 3 is 2.22 bits per heavy atom. The molecule has 0 radical (unpaired) electrons. The average Bonchev–Trinajstić information content (AvgIpc) is 2.42. The SMILES string of the molecule is C=C=CCc1ccc(CCCCCCCC)cc1. The van der Waals surface area contributed by atoms with Crippen LogP contribution in [0.1, 0.15) is 56.6 Å². The number of aryl methyl sites for hydroxylation is 1. The van der Waals surface area contributed by atoms with Gasteiger partial charge in [0.05, 0.1) is 0 Å². The highest BCUT2D eigenvalue weighted by Gasteiger charge is 1.95. The van der Waals surface area contributed by atoms with Gasteiger partial charge in [-0.05, 0) is 36.5 Å². The Labute approximate surface area is 112 Å². The molecule has 0 saturated carbocycles. The molecule has 0 heterocycles. The van der Waals surface area contributed by atoms with Gasteiger partial charge in [0.25, 0.3) is 0 Å². The van der Waals surface area contributed by atoms with E-state index in [2.05, 4.69) is 43.5 Å². The number of unbranched alkanes of at least 4 members (excludes halogenated alkanes) is 5. The van der Waals surface area contributed by atoms with Crippen molar-refractivity contribution >= 4 is 0 Å². The van der Waals surface area contributed by atoms with Crippen LogP contribution in [0.5, 0.6) is 0 Å². The molecule has 0 aliphatic heterocycles. The second-order valence-corrected chi connectivity index (χ2v) is 4.95. The van der Waals surface area contributed by atoms with E-state index in [1.165, 1.54) is 56.1 Å². The third-order valence-corrected chi connectivity index (χ3v) is 3.32. The van der Waals surface area contributed by atoms with Gasteiger partial charge in [0, 0.05) is 0 Å². The van der Waals surface area contributed by atoms with E-state index in [0.717, 1.165) is 6.42 Å². The van der Waals surface area contributed by atoms with E-state index in [0.29, 0.717) is 0 Å². The van der Waals surface area contributed by atoms with Gasteiger partial charge in [-0.15, -0.1) is 5.73 Å². The summed E-state index contributed by atoms with van der Waals surface area (Å²) in [4.78, 5) is 0. The Morgan fingerprint density at radius 2 is 1.56 bits per heavy atom. The normalized spacial score (nSPS) is 10.1. The molecule has 0 aromatic heterocycles. The van der Waals surface area contributed by atoms with Crippen LogP contribution < -0.4 is 0 Å². The zero-order valence-corrected chi connectivity index (χ0v) is 11.8. The fraction of sp³-hybridized carbons (Fsp3) is 0.500. The van der Waals surface area contributed by atoms with Crippen LogP contribution in [-0.4, -0.2) is 0 Å². The van der Waals surface area contributed by atoms with E-state index in [9.17, 15) is 0 Å².